The Morgan fingerprint density at radius 1 is 1.11 bits per heavy atom. The number of aromatic nitrogens is 2. The second-order valence-corrected chi connectivity index (χ2v) is 3.90. The van der Waals surface area contributed by atoms with Crippen LogP contribution < -0.4 is 0 Å². The Morgan fingerprint density at radius 3 is 2.05 bits per heavy atom. The number of rotatable bonds is 5. The zero-order valence-electron chi connectivity index (χ0n) is 11.6. The van der Waals surface area contributed by atoms with E-state index >= 15 is 0 Å². The van der Waals surface area contributed by atoms with Crippen molar-refractivity contribution < 1.29 is 19.1 Å². The number of carbonyl (C=O) groups excluding carboxylic acids is 2. The van der Waals surface area contributed by atoms with Crippen LogP contribution in [-0.2, 0) is 19.1 Å². The van der Waals surface area contributed by atoms with E-state index in [2.05, 4.69) is 9.97 Å². The highest BCUT2D eigenvalue weighted by molar-refractivity contribution is 6.00. The van der Waals surface area contributed by atoms with Gasteiger partial charge >= 0.3 is 11.9 Å². The van der Waals surface area contributed by atoms with E-state index in [-0.39, 0.29) is 18.9 Å². The molecule has 0 saturated heterocycles. The second kappa shape index (κ2) is 6.82. The van der Waals surface area contributed by atoms with E-state index in [1.54, 1.807) is 27.7 Å². The van der Waals surface area contributed by atoms with Crippen molar-refractivity contribution in [1.82, 2.24) is 9.97 Å². The third kappa shape index (κ3) is 3.74. The molecule has 0 aromatic carbocycles. The Hall–Kier alpha value is -1.98. The molecule has 1 rings (SSSR count). The van der Waals surface area contributed by atoms with Crippen molar-refractivity contribution in [2.24, 2.45) is 0 Å². The van der Waals surface area contributed by atoms with Crippen molar-refractivity contribution in [2.75, 3.05) is 13.2 Å². The smallest absolute Gasteiger partial charge is 0.326 e. The number of hydrogen-bond acceptors (Lipinski definition) is 6. The van der Waals surface area contributed by atoms with Gasteiger partial charge in [-0.1, -0.05) is 0 Å². The van der Waals surface area contributed by atoms with E-state index in [0.29, 0.717) is 5.69 Å². The van der Waals surface area contributed by atoms with Crippen LogP contribution in [0, 0.1) is 13.8 Å². The molecule has 0 spiro atoms. The molecule has 0 fully saturated rings. The fourth-order valence-corrected chi connectivity index (χ4v) is 1.49. The zero-order valence-corrected chi connectivity index (χ0v) is 11.6. The SMILES string of the molecule is CCOC(=O)C(C(=O)OCC)c1cnc(C)c(C)n1. The first-order valence-corrected chi connectivity index (χ1v) is 6.14. The van der Waals surface area contributed by atoms with Crippen LogP contribution in [0.2, 0.25) is 0 Å². The van der Waals surface area contributed by atoms with Gasteiger partial charge < -0.3 is 9.47 Å². The molecular weight excluding hydrogens is 248 g/mol. The normalized spacial score (nSPS) is 10.4. The van der Waals surface area contributed by atoms with Crippen molar-refractivity contribution in [3.05, 3.63) is 23.3 Å². The predicted octanol–water partition coefficient (Wildman–Crippen LogP) is 1.30. The maximum atomic E-state index is 11.9. The van der Waals surface area contributed by atoms with Crippen molar-refractivity contribution in [3.8, 4) is 0 Å². The van der Waals surface area contributed by atoms with Gasteiger partial charge in [0.1, 0.15) is 0 Å². The fourth-order valence-electron chi connectivity index (χ4n) is 1.49. The van der Waals surface area contributed by atoms with Gasteiger partial charge in [0.2, 0.25) is 0 Å². The van der Waals surface area contributed by atoms with Gasteiger partial charge in [0.25, 0.3) is 0 Å². The molecule has 104 valence electrons. The van der Waals surface area contributed by atoms with E-state index in [4.69, 9.17) is 9.47 Å². The molecule has 0 bridgehead atoms. The zero-order chi connectivity index (χ0) is 14.4. The van der Waals surface area contributed by atoms with E-state index in [9.17, 15) is 9.59 Å². The van der Waals surface area contributed by atoms with E-state index in [1.807, 2.05) is 0 Å². The van der Waals surface area contributed by atoms with Gasteiger partial charge in [0, 0.05) is 0 Å². The predicted molar refractivity (Wildman–Crippen MR) is 67.5 cm³/mol. The minimum Gasteiger partial charge on any atom is -0.465 e. The van der Waals surface area contributed by atoms with Crippen LogP contribution in [-0.4, -0.2) is 35.1 Å². The van der Waals surface area contributed by atoms with Gasteiger partial charge in [0.05, 0.1) is 36.5 Å². The third-order valence-corrected chi connectivity index (χ3v) is 2.55. The molecule has 0 saturated carbocycles. The monoisotopic (exact) mass is 266 g/mol. The summed E-state index contributed by atoms with van der Waals surface area (Å²) in [6, 6.07) is 0. The summed E-state index contributed by atoms with van der Waals surface area (Å²) in [5.74, 6) is -2.51. The summed E-state index contributed by atoms with van der Waals surface area (Å²) < 4.78 is 9.78. The molecule has 0 aliphatic rings. The summed E-state index contributed by atoms with van der Waals surface area (Å²) >= 11 is 0. The van der Waals surface area contributed by atoms with E-state index in [0.717, 1.165) is 5.69 Å². The highest BCUT2D eigenvalue weighted by Gasteiger charge is 2.33. The van der Waals surface area contributed by atoms with Crippen molar-refractivity contribution >= 4 is 11.9 Å². The van der Waals surface area contributed by atoms with Crippen molar-refractivity contribution in [3.63, 3.8) is 0 Å². The number of hydrogen-bond donors (Lipinski definition) is 0. The lowest BCUT2D eigenvalue weighted by molar-refractivity contribution is -0.157. The summed E-state index contributed by atoms with van der Waals surface area (Å²) in [7, 11) is 0. The molecule has 19 heavy (non-hydrogen) atoms. The fraction of sp³-hybridized carbons (Fsp3) is 0.538. The van der Waals surface area contributed by atoms with Gasteiger partial charge in [-0.05, 0) is 27.7 Å². The Bertz CT molecular complexity index is 456. The number of carbonyl (C=O) groups is 2. The molecule has 0 N–H and O–H groups in total. The van der Waals surface area contributed by atoms with Gasteiger partial charge in [-0.3, -0.25) is 19.6 Å². The van der Waals surface area contributed by atoms with Crippen LogP contribution in [0.3, 0.4) is 0 Å². The van der Waals surface area contributed by atoms with Gasteiger partial charge in [0.15, 0.2) is 5.92 Å². The Morgan fingerprint density at radius 2 is 1.63 bits per heavy atom. The minimum atomic E-state index is -1.17. The highest BCUT2D eigenvalue weighted by Crippen LogP contribution is 2.18. The average molecular weight is 266 g/mol. The molecule has 6 heteroatoms. The summed E-state index contributed by atoms with van der Waals surface area (Å²) in [6.07, 6.45) is 1.40. The molecule has 0 atom stereocenters. The number of aryl methyl sites for hydroxylation is 2. The lowest BCUT2D eigenvalue weighted by atomic mass is 10.1. The number of esters is 2. The molecule has 0 amide bonds. The van der Waals surface area contributed by atoms with E-state index < -0.39 is 17.9 Å². The maximum absolute atomic E-state index is 11.9. The molecule has 0 aliphatic carbocycles. The largest absolute Gasteiger partial charge is 0.465 e. The standard InChI is InChI=1S/C13H18N2O4/c1-5-18-12(16)11(13(17)19-6-2)10-7-14-8(3)9(4)15-10/h7,11H,5-6H2,1-4H3. The van der Waals surface area contributed by atoms with Gasteiger partial charge in [-0.25, -0.2) is 0 Å². The summed E-state index contributed by atoms with van der Waals surface area (Å²) in [5, 5.41) is 0. The van der Waals surface area contributed by atoms with Crippen LogP contribution >= 0.6 is 0 Å². The average Bonchev–Trinajstić information content (AvgIpc) is 2.34. The number of ether oxygens (including phenoxy) is 2. The molecule has 0 aliphatic heterocycles. The third-order valence-electron chi connectivity index (χ3n) is 2.55. The molecule has 1 aromatic rings. The first kappa shape index (κ1) is 15.1. The summed E-state index contributed by atoms with van der Waals surface area (Å²) in [4.78, 5) is 32.1. The lowest BCUT2D eigenvalue weighted by Gasteiger charge is -2.14. The summed E-state index contributed by atoms with van der Waals surface area (Å²) in [5.41, 5.74) is 1.66. The van der Waals surface area contributed by atoms with Crippen molar-refractivity contribution in [2.45, 2.75) is 33.6 Å². The maximum Gasteiger partial charge on any atom is 0.326 e. The van der Waals surface area contributed by atoms with E-state index in [1.165, 1.54) is 6.20 Å². The molecular formula is C13H18N2O4. The molecule has 0 radical (unpaired) electrons. The summed E-state index contributed by atoms with van der Waals surface area (Å²) in [6.45, 7) is 7.29. The topological polar surface area (TPSA) is 78.4 Å². The minimum absolute atomic E-state index is 0.188. The Kier molecular flexibility index (Phi) is 5.41. The molecule has 0 unspecified atom stereocenters. The van der Waals surface area contributed by atoms with Gasteiger partial charge in [-0.2, -0.15) is 0 Å². The van der Waals surface area contributed by atoms with Crippen LogP contribution in [0.4, 0.5) is 0 Å². The van der Waals surface area contributed by atoms with Crippen LogP contribution in [0.15, 0.2) is 6.20 Å². The van der Waals surface area contributed by atoms with Crippen molar-refractivity contribution in [1.29, 1.82) is 0 Å². The first-order chi connectivity index (χ1) is 9.01. The number of nitrogens with zero attached hydrogens (tertiary/aromatic N) is 2. The van der Waals surface area contributed by atoms with Crippen LogP contribution in [0.1, 0.15) is 36.8 Å². The Labute approximate surface area is 112 Å². The molecule has 6 nitrogen and oxygen atoms in total. The van der Waals surface area contributed by atoms with Gasteiger partial charge in [-0.15, -0.1) is 0 Å². The highest BCUT2D eigenvalue weighted by atomic mass is 16.6. The molecule has 1 aromatic heterocycles. The van der Waals surface area contributed by atoms with Crippen LogP contribution in [0.5, 0.6) is 0 Å². The lowest BCUT2D eigenvalue weighted by Crippen LogP contribution is -2.27. The Balaban J connectivity index is 3.11. The van der Waals surface area contributed by atoms with Crippen LogP contribution in [0.25, 0.3) is 0 Å². The quantitative estimate of drug-likeness (QED) is 0.590. The first-order valence-electron chi connectivity index (χ1n) is 6.14. The molecule has 1 heterocycles. The second-order valence-electron chi connectivity index (χ2n) is 3.90.